The number of thiophene rings is 1. The Labute approximate surface area is 198 Å². The maximum absolute atomic E-state index is 11.5. The molecule has 3 aromatic rings. The van der Waals surface area contributed by atoms with Gasteiger partial charge in [-0.2, -0.15) is 0 Å². The summed E-state index contributed by atoms with van der Waals surface area (Å²) in [6, 6.07) is 11.1. The van der Waals surface area contributed by atoms with Crippen LogP contribution >= 0.6 is 11.3 Å². The summed E-state index contributed by atoms with van der Waals surface area (Å²) in [5.74, 6) is 0.741. The molecule has 0 amide bonds. The number of benzene rings is 2. The third-order valence-electron chi connectivity index (χ3n) is 5.78. The molecular formula is C24H30N2O5S2. The van der Waals surface area contributed by atoms with Gasteiger partial charge in [0.1, 0.15) is 18.1 Å². The van der Waals surface area contributed by atoms with Gasteiger partial charge in [-0.3, -0.25) is 4.72 Å². The number of hydrogen-bond acceptors (Lipinski definition) is 7. The number of phenols is 1. The Morgan fingerprint density at radius 1 is 1.15 bits per heavy atom. The van der Waals surface area contributed by atoms with Crippen LogP contribution in [0.2, 0.25) is 0 Å². The van der Waals surface area contributed by atoms with Crippen LogP contribution in [-0.2, 0) is 27.6 Å². The smallest absolute Gasteiger partial charge is 0.229 e. The minimum atomic E-state index is -3.50. The van der Waals surface area contributed by atoms with Crippen LogP contribution in [-0.4, -0.2) is 46.6 Å². The Morgan fingerprint density at radius 2 is 1.97 bits per heavy atom. The maximum Gasteiger partial charge on any atom is 0.229 e. The van der Waals surface area contributed by atoms with E-state index in [1.807, 2.05) is 11.3 Å². The van der Waals surface area contributed by atoms with E-state index >= 15 is 0 Å². The lowest BCUT2D eigenvalue weighted by atomic mass is 9.96. The van der Waals surface area contributed by atoms with Gasteiger partial charge in [0, 0.05) is 29.8 Å². The molecule has 4 rings (SSSR count). The van der Waals surface area contributed by atoms with Crippen molar-refractivity contribution >= 4 is 37.1 Å². The average molecular weight is 491 g/mol. The summed E-state index contributed by atoms with van der Waals surface area (Å²) in [6.45, 7) is 1.66. The molecular weight excluding hydrogens is 460 g/mol. The minimum absolute atomic E-state index is 0.131. The lowest BCUT2D eigenvalue weighted by Gasteiger charge is -2.18. The van der Waals surface area contributed by atoms with Crippen LogP contribution in [0.15, 0.2) is 36.4 Å². The predicted molar refractivity (Wildman–Crippen MR) is 133 cm³/mol. The fourth-order valence-electron chi connectivity index (χ4n) is 4.18. The van der Waals surface area contributed by atoms with Gasteiger partial charge in [-0.15, -0.1) is 11.3 Å². The van der Waals surface area contributed by atoms with Crippen LogP contribution in [0, 0.1) is 0 Å². The maximum atomic E-state index is 11.5. The van der Waals surface area contributed by atoms with Crippen LogP contribution in [0.4, 0.5) is 5.69 Å². The SMILES string of the molecule is COC(CNCCOc1ccc2c3c(sc2c1)CCCC3)c1ccc(O)c(NS(C)(=O)=O)c1. The molecule has 0 spiro atoms. The summed E-state index contributed by atoms with van der Waals surface area (Å²) in [6.07, 6.45) is 5.69. The van der Waals surface area contributed by atoms with E-state index in [2.05, 4.69) is 28.2 Å². The molecule has 1 aromatic heterocycles. The van der Waals surface area contributed by atoms with E-state index < -0.39 is 10.0 Å². The lowest BCUT2D eigenvalue weighted by molar-refractivity contribution is 0.101. The van der Waals surface area contributed by atoms with E-state index in [4.69, 9.17) is 9.47 Å². The third-order valence-corrected chi connectivity index (χ3v) is 7.62. The summed E-state index contributed by atoms with van der Waals surface area (Å²) in [5.41, 5.74) is 2.41. The third kappa shape index (κ3) is 5.97. The molecule has 2 aromatic carbocycles. The van der Waals surface area contributed by atoms with Gasteiger partial charge >= 0.3 is 0 Å². The van der Waals surface area contributed by atoms with Crippen molar-refractivity contribution in [3.63, 3.8) is 0 Å². The number of rotatable bonds is 10. The summed E-state index contributed by atoms with van der Waals surface area (Å²) in [5, 5.41) is 14.6. The van der Waals surface area contributed by atoms with Crippen LogP contribution in [0.5, 0.6) is 11.5 Å². The van der Waals surface area contributed by atoms with Crippen molar-refractivity contribution in [3.05, 3.63) is 52.4 Å². The standard InChI is InChI=1S/C24H30N2O5S2/c1-30-22(16-7-10-21(27)20(13-16)26-33(2,28)29)15-25-11-12-31-17-8-9-19-18-5-3-4-6-23(18)32-24(19)14-17/h7-10,13-14,22,25-27H,3-6,11-12,15H2,1-2H3. The van der Waals surface area contributed by atoms with E-state index in [-0.39, 0.29) is 17.5 Å². The molecule has 1 aliphatic carbocycles. The molecule has 7 nitrogen and oxygen atoms in total. The van der Waals surface area contributed by atoms with Gasteiger partial charge in [-0.1, -0.05) is 6.07 Å². The van der Waals surface area contributed by atoms with E-state index in [0.29, 0.717) is 19.7 Å². The highest BCUT2D eigenvalue weighted by molar-refractivity contribution is 7.92. The monoisotopic (exact) mass is 490 g/mol. The molecule has 0 saturated heterocycles. The van der Waals surface area contributed by atoms with E-state index in [1.54, 1.807) is 19.2 Å². The molecule has 0 saturated carbocycles. The van der Waals surface area contributed by atoms with Crippen LogP contribution in [0.1, 0.15) is 34.9 Å². The van der Waals surface area contributed by atoms with E-state index in [1.165, 1.54) is 52.3 Å². The minimum Gasteiger partial charge on any atom is -0.506 e. The summed E-state index contributed by atoms with van der Waals surface area (Å²) in [7, 11) is -1.90. The number of ether oxygens (including phenoxy) is 2. The van der Waals surface area contributed by atoms with E-state index in [9.17, 15) is 13.5 Å². The van der Waals surface area contributed by atoms with Crippen molar-refractivity contribution in [2.45, 2.75) is 31.8 Å². The van der Waals surface area contributed by atoms with Gasteiger partial charge in [-0.05, 0) is 72.5 Å². The number of nitrogens with one attached hydrogen (secondary N) is 2. The topological polar surface area (TPSA) is 96.9 Å². The molecule has 0 aliphatic heterocycles. The molecule has 1 heterocycles. The highest BCUT2D eigenvalue weighted by Crippen LogP contribution is 2.38. The van der Waals surface area contributed by atoms with Gasteiger partial charge in [0.25, 0.3) is 0 Å². The number of phenolic OH excluding ortho intramolecular Hbond substituents is 1. The number of anilines is 1. The second-order valence-corrected chi connectivity index (χ2v) is 11.2. The fourth-order valence-corrected chi connectivity index (χ4v) is 6.07. The van der Waals surface area contributed by atoms with E-state index in [0.717, 1.165) is 17.6 Å². The number of fused-ring (bicyclic) bond motifs is 3. The van der Waals surface area contributed by atoms with Gasteiger partial charge in [0.15, 0.2) is 0 Å². The number of aryl methyl sites for hydroxylation is 2. The Hall–Kier alpha value is -2.33. The zero-order chi connectivity index (χ0) is 23.4. The molecule has 3 N–H and O–H groups in total. The van der Waals surface area contributed by atoms with Crippen LogP contribution < -0.4 is 14.8 Å². The number of methoxy groups -OCH3 is 1. The average Bonchev–Trinajstić information content (AvgIpc) is 3.15. The Kier molecular flexibility index (Phi) is 7.43. The molecule has 1 aliphatic rings. The Balaban J connectivity index is 1.30. The molecule has 1 unspecified atom stereocenters. The van der Waals surface area contributed by atoms with Crippen LogP contribution in [0.25, 0.3) is 10.1 Å². The molecule has 9 heteroatoms. The first-order valence-electron chi connectivity index (χ1n) is 11.1. The van der Waals surface area contributed by atoms with Crippen molar-refractivity contribution in [2.24, 2.45) is 0 Å². The molecule has 0 fully saturated rings. The first-order valence-corrected chi connectivity index (χ1v) is 13.8. The molecule has 178 valence electrons. The van der Waals surface area contributed by atoms with Gasteiger partial charge in [0.05, 0.1) is 18.0 Å². The normalized spacial score (nSPS) is 14.7. The lowest BCUT2D eigenvalue weighted by Crippen LogP contribution is -2.27. The van der Waals surface area contributed by atoms with Gasteiger partial charge < -0.3 is 19.9 Å². The first-order chi connectivity index (χ1) is 15.8. The first kappa shape index (κ1) is 23.8. The molecule has 0 bridgehead atoms. The Bertz CT molecular complexity index is 1220. The highest BCUT2D eigenvalue weighted by Gasteiger charge is 2.17. The van der Waals surface area contributed by atoms with Crippen molar-refractivity contribution in [1.29, 1.82) is 0 Å². The predicted octanol–water partition coefficient (Wildman–Crippen LogP) is 4.21. The van der Waals surface area contributed by atoms with Crippen molar-refractivity contribution in [2.75, 3.05) is 37.8 Å². The highest BCUT2D eigenvalue weighted by atomic mass is 32.2. The summed E-state index contributed by atoms with van der Waals surface area (Å²) < 4.78 is 38.1. The number of sulfonamides is 1. The number of aromatic hydroxyl groups is 1. The van der Waals surface area contributed by atoms with Crippen molar-refractivity contribution in [1.82, 2.24) is 5.32 Å². The fraction of sp³-hybridized carbons (Fsp3) is 0.417. The van der Waals surface area contributed by atoms with Crippen molar-refractivity contribution in [3.8, 4) is 11.5 Å². The zero-order valence-electron chi connectivity index (χ0n) is 18.9. The van der Waals surface area contributed by atoms with Crippen LogP contribution in [0.3, 0.4) is 0 Å². The van der Waals surface area contributed by atoms with Gasteiger partial charge in [0.2, 0.25) is 10.0 Å². The largest absolute Gasteiger partial charge is 0.506 e. The Morgan fingerprint density at radius 3 is 2.76 bits per heavy atom. The van der Waals surface area contributed by atoms with Crippen molar-refractivity contribution < 1.29 is 23.0 Å². The molecule has 33 heavy (non-hydrogen) atoms. The molecule has 0 radical (unpaired) electrons. The quantitative estimate of drug-likeness (QED) is 0.291. The second kappa shape index (κ2) is 10.3. The second-order valence-electron chi connectivity index (χ2n) is 8.30. The number of hydrogen-bond donors (Lipinski definition) is 3. The van der Waals surface area contributed by atoms with Gasteiger partial charge in [-0.25, -0.2) is 8.42 Å². The summed E-state index contributed by atoms with van der Waals surface area (Å²) in [4.78, 5) is 1.53. The summed E-state index contributed by atoms with van der Waals surface area (Å²) >= 11 is 1.89. The molecule has 1 atom stereocenters. The zero-order valence-corrected chi connectivity index (χ0v) is 20.5.